The number of hydrogen-bond acceptors (Lipinski definition) is 5. The molecule has 0 saturated heterocycles. The van der Waals surface area contributed by atoms with Gasteiger partial charge in [-0.1, -0.05) is 29.5 Å². The lowest BCUT2D eigenvalue weighted by atomic mass is 10.2. The molecule has 2 aromatic carbocycles. The summed E-state index contributed by atoms with van der Waals surface area (Å²) in [7, 11) is 0. The molecule has 3 aromatic rings. The Morgan fingerprint density at radius 2 is 1.92 bits per heavy atom. The molecular formula is C18H14FN3O2S. The molecule has 0 unspecified atom stereocenters. The Hall–Kier alpha value is -2.93. The summed E-state index contributed by atoms with van der Waals surface area (Å²) >= 11 is 1.30. The summed E-state index contributed by atoms with van der Waals surface area (Å²) in [6, 6.07) is 13.0. The van der Waals surface area contributed by atoms with Crippen molar-refractivity contribution in [3.63, 3.8) is 0 Å². The molecule has 4 rings (SSSR count). The number of thiazole rings is 1. The number of phenolic OH excluding ortho intramolecular Hbond substituents is 1. The van der Waals surface area contributed by atoms with E-state index in [0.717, 1.165) is 5.69 Å². The molecule has 126 valence electrons. The second-order valence-corrected chi connectivity index (χ2v) is 6.65. The van der Waals surface area contributed by atoms with E-state index >= 15 is 0 Å². The van der Waals surface area contributed by atoms with Gasteiger partial charge in [0, 0.05) is 11.3 Å². The molecule has 0 spiro atoms. The maximum absolute atomic E-state index is 13.1. The molecule has 0 fully saturated rings. The van der Waals surface area contributed by atoms with E-state index in [1.807, 2.05) is 4.90 Å². The average Bonchev–Trinajstić information content (AvgIpc) is 2.93. The van der Waals surface area contributed by atoms with Gasteiger partial charge in [-0.3, -0.25) is 9.36 Å². The number of anilines is 1. The highest BCUT2D eigenvalue weighted by molar-refractivity contribution is 7.07. The third kappa shape index (κ3) is 2.94. The van der Waals surface area contributed by atoms with Crippen LogP contribution in [0.3, 0.4) is 0 Å². The number of hydrogen-bond donors (Lipinski definition) is 1. The predicted molar refractivity (Wildman–Crippen MR) is 94.8 cm³/mol. The lowest BCUT2D eigenvalue weighted by Crippen LogP contribution is -2.42. The van der Waals surface area contributed by atoms with Crippen LogP contribution in [-0.2, 0) is 6.67 Å². The number of benzene rings is 2. The molecule has 7 heteroatoms. The van der Waals surface area contributed by atoms with Crippen LogP contribution in [0.4, 0.5) is 10.1 Å². The fraction of sp³-hybridized carbons (Fsp3) is 0.111. The van der Waals surface area contributed by atoms with Crippen LogP contribution < -0.4 is 19.8 Å². The highest BCUT2D eigenvalue weighted by Crippen LogP contribution is 2.17. The summed E-state index contributed by atoms with van der Waals surface area (Å²) in [5, 5.41) is 9.88. The van der Waals surface area contributed by atoms with E-state index in [1.54, 1.807) is 47.0 Å². The third-order valence-electron chi connectivity index (χ3n) is 3.99. The number of rotatable bonds is 2. The molecule has 0 bridgehead atoms. The lowest BCUT2D eigenvalue weighted by molar-refractivity contribution is 0.474. The highest BCUT2D eigenvalue weighted by Gasteiger charge is 2.16. The monoisotopic (exact) mass is 355 g/mol. The van der Waals surface area contributed by atoms with Gasteiger partial charge in [-0.05, 0) is 36.4 Å². The average molecular weight is 355 g/mol. The predicted octanol–water partition coefficient (Wildman–Crippen LogP) is 1.64. The van der Waals surface area contributed by atoms with Crippen LogP contribution in [0.1, 0.15) is 5.56 Å². The molecule has 1 N–H and O–H groups in total. The summed E-state index contributed by atoms with van der Waals surface area (Å²) in [4.78, 5) is 19.7. The van der Waals surface area contributed by atoms with Gasteiger partial charge >= 0.3 is 0 Å². The zero-order valence-electron chi connectivity index (χ0n) is 13.1. The maximum atomic E-state index is 13.1. The number of aromatic nitrogens is 1. The SMILES string of the molecule is O=c1c(=Cc2ccccc2O)sc2n1CN(c1ccc(F)cc1)CN=2. The summed E-state index contributed by atoms with van der Waals surface area (Å²) in [6.45, 7) is 0.760. The van der Waals surface area contributed by atoms with Crippen molar-refractivity contribution in [1.29, 1.82) is 0 Å². The normalized spacial score (nSPS) is 14.3. The molecule has 1 aromatic heterocycles. The molecule has 1 aliphatic rings. The van der Waals surface area contributed by atoms with Gasteiger partial charge < -0.3 is 10.0 Å². The Bertz CT molecular complexity index is 1100. The van der Waals surface area contributed by atoms with Crippen molar-refractivity contribution < 1.29 is 9.50 Å². The second-order valence-electron chi connectivity index (χ2n) is 5.64. The van der Waals surface area contributed by atoms with Gasteiger partial charge in [0.1, 0.15) is 24.9 Å². The smallest absolute Gasteiger partial charge is 0.271 e. The van der Waals surface area contributed by atoms with Gasteiger partial charge in [-0.2, -0.15) is 0 Å². The first-order chi connectivity index (χ1) is 12.1. The van der Waals surface area contributed by atoms with Crippen LogP contribution in [-0.4, -0.2) is 16.3 Å². The molecule has 0 amide bonds. The van der Waals surface area contributed by atoms with Crippen molar-refractivity contribution in [1.82, 2.24) is 4.57 Å². The van der Waals surface area contributed by atoms with Gasteiger partial charge in [-0.15, -0.1) is 0 Å². The molecule has 0 radical (unpaired) electrons. The first-order valence-corrected chi connectivity index (χ1v) is 8.48. The van der Waals surface area contributed by atoms with Crippen LogP contribution >= 0.6 is 11.3 Å². The summed E-state index contributed by atoms with van der Waals surface area (Å²) < 4.78 is 15.2. The Balaban J connectivity index is 1.73. The van der Waals surface area contributed by atoms with E-state index in [9.17, 15) is 14.3 Å². The minimum absolute atomic E-state index is 0.128. The van der Waals surface area contributed by atoms with Crippen molar-refractivity contribution in [2.24, 2.45) is 4.99 Å². The van der Waals surface area contributed by atoms with Crippen molar-refractivity contribution in [2.75, 3.05) is 11.6 Å². The summed E-state index contributed by atoms with van der Waals surface area (Å²) in [5.74, 6) is -0.172. The van der Waals surface area contributed by atoms with E-state index < -0.39 is 0 Å². The molecule has 1 aliphatic heterocycles. The fourth-order valence-corrected chi connectivity index (χ4v) is 3.63. The topological polar surface area (TPSA) is 57.8 Å². The van der Waals surface area contributed by atoms with Crippen molar-refractivity contribution in [2.45, 2.75) is 6.67 Å². The molecule has 25 heavy (non-hydrogen) atoms. The van der Waals surface area contributed by atoms with Crippen molar-refractivity contribution in [3.05, 3.63) is 79.6 Å². The van der Waals surface area contributed by atoms with E-state index in [2.05, 4.69) is 4.99 Å². The maximum Gasteiger partial charge on any atom is 0.271 e. The first-order valence-electron chi connectivity index (χ1n) is 7.66. The molecule has 0 aliphatic carbocycles. The molecular weight excluding hydrogens is 341 g/mol. The van der Waals surface area contributed by atoms with Crippen molar-refractivity contribution >= 4 is 23.1 Å². The summed E-state index contributed by atoms with van der Waals surface area (Å²) in [6.07, 6.45) is 1.67. The zero-order chi connectivity index (χ0) is 17.4. The Kier molecular flexibility index (Phi) is 3.85. The molecule has 0 atom stereocenters. The number of phenols is 1. The van der Waals surface area contributed by atoms with Crippen LogP contribution in [0.2, 0.25) is 0 Å². The molecule has 0 saturated carbocycles. The molecule has 2 heterocycles. The number of aromatic hydroxyl groups is 1. The second kappa shape index (κ2) is 6.18. The minimum atomic E-state index is -0.300. The van der Waals surface area contributed by atoms with Gasteiger partial charge in [0.25, 0.3) is 5.56 Å². The van der Waals surface area contributed by atoms with Crippen LogP contribution in [0, 0.1) is 5.82 Å². The van der Waals surface area contributed by atoms with Crippen molar-refractivity contribution in [3.8, 4) is 5.75 Å². The van der Waals surface area contributed by atoms with Gasteiger partial charge in [0.2, 0.25) is 0 Å². The van der Waals surface area contributed by atoms with Crippen LogP contribution in [0.5, 0.6) is 5.75 Å². The Morgan fingerprint density at radius 1 is 1.16 bits per heavy atom. The van der Waals surface area contributed by atoms with E-state index in [0.29, 0.717) is 28.2 Å². The van der Waals surface area contributed by atoms with Gasteiger partial charge in [-0.25, -0.2) is 9.38 Å². The van der Waals surface area contributed by atoms with Crippen LogP contribution in [0.15, 0.2) is 58.3 Å². The third-order valence-corrected chi connectivity index (χ3v) is 5.04. The van der Waals surface area contributed by atoms with Gasteiger partial charge in [0.15, 0.2) is 4.80 Å². The minimum Gasteiger partial charge on any atom is -0.507 e. The Labute approximate surface area is 146 Å². The fourth-order valence-electron chi connectivity index (χ4n) is 2.68. The first kappa shape index (κ1) is 15.6. The van der Waals surface area contributed by atoms with Crippen LogP contribution in [0.25, 0.3) is 6.08 Å². The van der Waals surface area contributed by atoms with E-state index in [-0.39, 0.29) is 17.1 Å². The summed E-state index contributed by atoms with van der Waals surface area (Å²) in [5.41, 5.74) is 1.24. The highest BCUT2D eigenvalue weighted by atomic mass is 32.1. The Morgan fingerprint density at radius 3 is 2.68 bits per heavy atom. The zero-order valence-corrected chi connectivity index (χ0v) is 13.9. The number of para-hydroxylation sites is 1. The standard InChI is InChI=1S/C18H14FN3O2S/c19-13-5-7-14(8-6-13)21-10-20-18-22(11-21)17(24)16(25-18)9-12-3-1-2-4-15(12)23/h1-9,23H,10-11H2. The number of nitrogens with zero attached hydrogens (tertiary/aromatic N) is 3. The van der Waals surface area contributed by atoms with E-state index in [1.165, 1.54) is 23.5 Å². The lowest BCUT2D eigenvalue weighted by Gasteiger charge is -2.25. The largest absolute Gasteiger partial charge is 0.507 e. The number of halogens is 1. The number of fused-ring (bicyclic) bond motifs is 1. The molecule has 5 nitrogen and oxygen atoms in total. The van der Waals surface area contributed by atoms with E-state index in [4.69, 9.17) is 0 Å². The van der Waals surface area contributed by atoms with Gasteiger partial charge in [0.05, 0.1) is 4.53 Å². The quantitative estimate of drug-likeness (QED) is 0.760.